The van der Waals surface area contributed by atoms with Crippen molar-refractivity contribution in [3.8, 4) is 0 Å². The maximum atomic E-state index is 13.8. The van der Waals surface area contributed by atoms with Gasteiger partial charge >= 0.3 is 0 Å². The Morgan fingerprint density at radius 2 is 1.75 bits per heavy atom. The van der Waals surface area contributed by atoms with Crippen LogP contribution < -0.4 is 10.5 Å². The Morgan fingerprint density at radius 3 is 2.45 bits per heavy atom. The molecule has 40 heavy (non-hydrogen) atoms. The highest BCUT2D eigenvalue weighted by Gasteiger charge is 2.31. The van der Waals surface area contributed by atoms with Crippen molar-refractivity contribution in [2.45, 2.75) is 64.1 Å². The molecule has 0 aromatic heterocycles. The van der Waals surface area contributed by atoms with Gasteiger partial charge in [-0.05, 0) is 67.5 Å². The molecule has 3 N–H and O–H groups in total. The second kappa shape index (κ2) is 13.4. The number of carbonyl (C=O) groups excluding carboxylic acids is 1. The molecule has 3 aromatic carbocycles. The van der Waals surface area contributed by atoms with Crippen molar-refractivity contribution in [2.75, 3.05) is 23.6 Å². The van der Waals surface area contributed by atoms with Gasteiger partial charge in [-0.3, -0.25) is 9.52 Å². The summed E-state index contributed by atoms with van der Waals surface area (Å²) in [5.74, 6) is -0.0873. The highest BCUT2D eigenvalue weighted by atomic mass is 32.2. The minimum Gasteiger partial charge on any atom is -0.375 e. The van der Waals surface area contributed by atoms with E-state index in [-0.39, 0.29) is 24.3 Å². The number of anilines is 1. The third kappa shape index (κ3) is 8.40. The summed E-state index contributed by atoms with van der Waals surface area (Å²) in [4.78, 5) is 15.7. The van der Waals surface area contributed by atoms with Gasteiger partial charge in [0, 0.05) is 23.3 Å². The van der Waals surface area contributed by atoms with E-state index in [0.717, 1.165) is 30.4 Å². The van der Waals surface area contributed by atoms with Crippen LogP contribution in [0.15, 0.2) is 78.9 Å². The monoisotopic (exact) mass is 563 g/mol. The predicted octanol–water partition coefficient (Wildman–Crippen LogP) is 5.68. The summed E-state index contributed by atoms with van der Waals surface area (Å²) in [5.41, 5.74) is 9.70. The maximum Gasteiger partial charge on any atom is 0.254 e. The lowest BCUT2D eigenvalue weighted by molar-refractivity contribution is 0.0731. The van der Waals surface area contributed by atoms with Gasteiger partial charge in [-0.2, -0.15) is 0 Å². The summed E-state index contributed by atoms with van der Waals surface area (Å²) in [6.07, 6.45) is 3.81. The summed E-state index contributed by atoms with van der Waals surface area (Å²) in [6, 6.07) is 25.2. The maximum absolute atomic E-state index is 13.8. The Bertz CT molecular complexity index is 1360. The number of benzene rings is 3. The van der Waals surface area contributed by atoms with E-state index in [1.165, 1.54) is 0 Å². The van der Waals surface area contributed by atoms with Crippen molar-refractivity contribution < 1.29 is 17.9 Å². The van der Waals surface area contributed by atoms with E-state index in [1.807, 2.05) is 79.4 Å². The number of unbranched alkanes of at least 4 members (excludes halogenated alkanes) is 1. The van der Waals surface area contributed by atoms with Crippen molar-refractivity contribution in [3.63, 3.8) is 0 Å². The van der Waals surface area contributed by atoms with Gasteiger partial charge in [0.1, 0.15) is 0 Å². The van der Waals surface area contributed by atoms with Gasteiger partial charge in [0.05, 0.1) is 25.0 Å². The first-order chi connectivity index (χ1) is 19.2. The van der Waals surface area contributed by atoms with Crippen LogP contribution in [0.1, 0.15) is 72.6 Å². The number of nitrogens with two attached hydrogens (primary N) is 1. The van der Waals surface area contributed by atoms with E-state index < -0.39 is 15.6 Å². The van der Waals surface area contributed by atoms with Crippen molar-refractivity contribution in [1.82, 2.24) is 4.90 Å². The molecule has 0 bridgehead atoms. The van der Waals surface area contributed by atoms with E-state index in [0.29, 0.717) is 42.8 Å². The summed E-state index contributed by atoms with van der Waals surface area (Å²) in [6.45, 7) is 5.06. The molecule has 0 spiro atoms. The fraction of sp³-hybridized carbons (Fsp3) is 0.406. The number of nitrogens with one attached hydrogen (secondary N) is 1. The van der Waals surface area contributed by atoms with E-state index in [1.54, 1.807) is 18.2 Å². The minimum atomic E-state index is -3.54. The number of hydrogen-bond acceptors (Lipinski definition) is 5. The standard InChI is InChI=1S/C32H41N3O4S/c1-3-4-18-40(37,38)34-29-20-26(23-39-24-32(2,33)22-25-12-7-5-8-13-25)19-28(21-29)31(36)35-17-11-16-30(35)27-14-9-6-10-15-27/h5-10,12-15,19-21,30,34H,3-4,11,16-18,22-24,33H2,1-2H3. The number of amides is 1. The van der Waals surface area contributed by atoms with E-state index in [2.05, 4.69) is 4.72 Å². The van der Waals surface area contributed by atoms with Crippen molar-refractivity contribution in [1.29, 1.82) is 0 Å². The van der Waals surface area contributed by atoms with Gasteiger partial charge in [-0.15, -0.1) is 0 Å². The number of carbonyl (C=O) groups is 1. The van der Waals surface area contributed by atoms with Crippen LogP contribution in [0.5, 0.6) is 0 Å². The van der Waals surface area contributed by atoms with Crippen LogP contribution in [-0.2, 0) is 27.8 Å². The number of hydrogen-bond donors (Lipinski definition) is 2. The first kappa shape index (κ1) is 29.8. The van der Waals surface area contributed by atoms with E-state index in [4.69, 9.17) is 10.5 Å². The fourth-order valence-electron chi connectivity index (χ4n) is 5.24. The Balaban J connectivity index is 1.53. The summed E-state index contributed by atoms with van der Waals surface area (Å²) in [7, 11) is -3.54. The first-order valence-corrected chi connectivity index (χ1v) is 15.7. The lowest BCUT2D eigenvalue weighted by atomic mass is 9.95. The fourth-order valence-corrected chi connectivity index (χ4v) is 6.48. The second-order valence-electron chi connectivity index (χ2n) is 11.1. The molecule has 1 aliphatic heterocycles. The lowest BCUT2D eigenvalue weighted by Crippen LogP contribution is -2.43. The Labute approximate surface area is 238 Å². The quantitative estimate of drug-likeness (QED) is 0.279. The van der Waals surface area contributed by atoms with Crippen molar-refractivity contribution >= 4 is 21.6 Å². The molecule has 1 aliphatic rings. The second-order valence-corrected chi connectivity index (χ2v) is 12.9. The number of ether oxygens (including phenoxy) is 1. The molecule has 4 rings (SSSR count). The van der Waals surface area contributed by atoms with Crippen molar-refractivity contribution in [3.05, 3.63) is 101 Å². The molecule has 1 fully saturated rings. The lowest BCUT2D eigenvalue weighted by Gasteiger charge is -2.26. The van der Waals surface area contributed by atoms with Gasteiger partial charge in [0.25, 0.3) is 5.91 Å². The van der Waals surface area contributed by atoms with E-state index in [9.17, 15) is 13.2 Å². The molecule has 8 heteroatoms. The molecule has 0 saturated carbocycles. The molecular formula is C32H41N3O4S. The van der Waals surface area contributed by atoms with Gasteiger partial charge < -0.3 is 15.4 Å². The zero-order chi connectivity index (χ0) is 28.6. The summed E-state index contributed by atoms with van der Waals surface area (Å²) < 4.78 is 34.1. The van der Waals surface area contributed by atoms with E-state index >= 15 is 0 Å². The number of sulfonamides is 1. The number of nitrogens with zero attached hydrogens (tertiary/aromatic N) is 1. The molecule has 2 unspecified atom stereocenters. The Hall–Kier alpha value is -3.20. The molecule has 7 nitrogen and oxygen atoms in total. The molecular weight excluding hydrogens is 522 g/mol. The van der Waals surface area contributed by atoms with Crippen molar-refractivity contribution in [2.24, 2.45) is 5.73 Å². The summed E-state index contributed by atoms with van der Waals surface area (Å²) in [5, 5.41) is 0. The molecule has 2 atom stereocenters. The average Bonchev–Trinajstić information content (AvgIpc) is 3.42. The Kier molecular flexibility index (Phi) is 10.0. The zero-order valence-corrected chi connectivity index (χ0v) is 24.3. The minimum absolute atomic E-state index is 0.00534. The van der Waals surface area contributed by atoms with Crippen LogP contribution in [0.3, 0.4) is 0 Å². The number of rotatable bonds is 13. The SMILES string of the molecule is CCCCS(=O)(=O)Nc1cc(COCC(C)(N)Cc2ccccc2)cc(C(=O)N2CCCC2c2ccccc2)c1. The van der Waals surface area contributed by atoms with Gasteiger partial charge in [-0.1, -0.05) is 74.0 Å². The molecule has 214 valence electrons. The normalized spacial score (nSPS) is 17.0. The van der Waals surface area contributed by atoms with Crippen LogP contribution >= 0.6 is 0 Å². The molecule has 0 radical (unpaired) electrons. The molecule has 3 aromatic rings. The van der Waals surface area contributed by atoms with Crippen LogP contribution in [0, 0.1) is 0 Å². The first-order valence-electron chi connectivity index (χ1n) is 14.1. The van der Waals surface area contributed by atoms with Crippen LogP contribution in [0.4, 0.5) is 5.69 Å². The topological polar surface area (TPSA) is 102 Å². The van der Waals surface area contributed by atoms with Crippen LogP contribution in [0.2, 0.25) is 0 Å². The molecule has 0 aliphatic carbocycles. The Morgan fingerprint density at radius 1 is 1.05 bits per heavy atom. The number of likely N-dealkylation sites (tertiary alicyclic amines) is 1. The van der Waals surface area contributed by atoms with Crippen LogP contribution in [-0.4, -0.2) is 43.7 Å². The molecule has 1 saturated heterocycles. The van der Waals surface area contributed by atoms with Gasteiger partial charge in [0.15, 0.2) is 0 Å². The zero-order valence-electron chi connectivity index (χ0n) is 23.5. The average molecular weight is 564 g/mol. The summed E-state index contributed by atoms with van der Waals surface area (Å²) >= 11 is 0. The largest absolute Gasteiger partial charge is 0.375 e. The third-order valence-electron chi connectivity index (χ3n) is 7.13. The smallest absolute Gasteiger partial charge is 0.254 e. The highest BCUT2D eigenvalue weighted by molar-refractivity contribution is 7.92. The van der Waals surface area contributed by atoms with Gasteiger partial charge in [0.2, 0.25) is 10.0 Å². The molecule has 1 heterocycles. The van der Waals surface area contributed by atoms with Gasteiger partial charge in [-0.25, -0.2) is 8.42 Å². The highest BCUT2D eigenvalue weighted by Crippen LogP contribution is 2.33. The molecule has 1 amide bonds. The predicted molar refractivity (Wildman–Crippen MR) is 161 cm³/mol. The third-order valence-corrected chi connectivity index (χ3v) is 8.50. The van der Waals surface area contributed by atoms with Crippen LogP contribution in [0.25, 0.3) is 0 Å².